The van der Waals surface area contributed by atoms with E-state index in [4.69, 9.17) is 28.4 Å². The SMILES string of the molecule is CC(=O)OC1=C([C@H]2COC(C)(C)O2)OC2OC(C)(C)O[C@H]12. The van der Waals surface area contributed by atoms with Gasteiger partial charge in [0.2, 0.25) is 6.29 Å². The predicted octanol–water partition coefficient (Wildman–Crippen LogP) is 1.42. The molecule has 0 amide bonds. The highest BCUT2D eigenvalue weighted by Crippen LogP contribution is 2.43. The van der Waals surface area contributed by atoms with Crippen LogP contribution in [0, 0.1) is 0 Å². The van der Waals surface area contributed by atoms with E-state index in [9.17, 15) is 4.79 Å². The molecule has 0 aromatic carbocycles. The van der Waals surface area contributed by atoms with Crippen LogP contribution in [-0.2, 0) is 33.2 Å². The first-order valence-corrected chi connectivity index (χ1v) is 6.93. The zero-order valence-corrected chi connectivity index (χ0v) is 12.8. The maximum Gasteiger partial charge on any atom is 0.307 e. The maximum absolute atomic E-state index is 11.4. The molecule has 3 aliphatic heterocycles. The number of hydrogen-bond acceptors (Lipinski definition) is 7. The molecule has 7 nitrogen and oxygen atoms in total. The van der Waals surface area contributed by atoms with E-state index in [0.29, 0.717) is 18.1 Å². The van der Waals surface area contributed by atoms with Crippen LogP contribution in [0.2, 0.25) is 0 Å². The average molecular weight is 300 g/mol. The van der Waals surface area contributed by atoms with Crippen LogP contribution in [0.4, 0.5) is 0 Å². The summed E-state index contributed by atoms with van der Waals surface area (Å²) < 4.78 is 33.7. The second-order valence-electron chi connectivity index (χ2n) is 6.18. The second-order valence-corrected chi connectivity index (χ2v) is 6.18. The van der Waals surface area contributed by atoms with Gasteiger partial charge in [0, 0.05) is 6.92 Å². The van der Waals surface area contributed by atoms with Crippen LogP contribution in [0.3, 0.4) is 0 Å². The Morgan fingerprint density at radius 1 is 1.14 bits per heavy atom. The third-order valence-corrected chi connectivity index (χ3v) is 3.36. The van der Waals surface area contributed by atoms with E-state index < -0.39 is 36.0 Å². The summed E-state index contributed by atoms with van der Waals surface area (Å²) in [5, 5.41) is 0. The van der Waals surface area contributed by atoms with Gasteiger partial charge in [-0.25, -0.2) is 0 Å². The molecule has 118 valence electrons. The molecule has 0 aromatic rings. The Morgan fingerprint density at radius 3 is 2.43 bits per heavy atom. The van der Waals surface area contributed by atoms with Gasteiger partial charge in [0.15, 0.2) is 29.2 Å². The lowest BCUT2D eigenvalue weighted by atomic mass is 10.2. The molecule has 3 rings (SSSR count). The summed E-state index contributed by atoms with van der Waals surface area (Å²) in [6.07, 6.45) is -1.67. The van der Waals surface area contributed by atoms with Crippen molar-refractivity contribution in [2.45, 2.75) is 64.7 Å². The molecule has 0 saturated carbocycles. The van der Waals surface area contributed by atoms with E-state index in [-0.39, 0.29) is 0 Å². The highest BCUT2D eigenvalue weighted by atomic mass is 16.8. The third-order valence-electron chi connectivity index (χ3n) is 3.36. The Balaban J connectivity index is 1.87. The van der Waals surface area contributed by atoms with Crippen LogP contribution >= 0.6 is 0 Å². The molecule has 0 N–H and O–H groups in total. The van der Waals surface area contributed by atoms with Gasteiger partial charge in [-0.15, -0.1) is 0 Å². The number of carbonyl (C=O) groups is 1. The summed E-state index contributed by atoms with van der Waals surface area (Å²) in [4.78, 5) is 11.4. The van der Waals surface area contributed by atoms with Gasteiger partial charge in [0.25, 0.3) is 0 Å². The number of carbonyl (C=O) groups excluding carboxylic acids is 1. The summed E-state index contributed by atoms with van der Waals surface area (Å²) in [5.74, 6) is -1.23. The Kier molecular flexibility index (Phi) is 3.29. The number of rotatable bonds is 2. The molecule has 7 heteroatoms. The molecule has 2 fully saturated rings. The van der Waals surface area contributed by atoms with Crippen molar-refractivity contribution >= 4 is 5.97 Å². The number of hydrogen-bond donors (Lipinski definition) is 0. The molecule has 3 aliphatic rings. The molecular weight excluding hydrogens is 280 g/mol. The van der Waals surface area contributed by atoms with Crippen molar-refractivity contribution in [2.75, 3.05) is 6.61 Å². The van der Waals surface area contributed by atoms with E-state index in [1.165, 1.54) is 6.92 Å². The minimum absolute atomic E-state index is 0.310. The third kappa shape index (κ3) is 2.78. The molecule has 0 aromatic heterocycles. The zero-order valence-electron chi connectivity index (χ0n) is 12.8. The first-order chi connectivity index (χ1) is 9.67. The predicted molar refractivity (Wildman–Crippen MR) is 68.6 cm³/mol. The summed E-state index contributed by atoms with van der Waals surface area (Å²) in [6, 6.07) is 0. The van der Waals surface area contributed by atoms with Crippen LogP contribution in [0.25, 0.3) is 0 Å². The Bertz CT molecular complexity index is 494. The highest BCUT2D eigenvalue weighted by Gasteiger charge is 2.54. The Hall–Kier alpha value is -1.15. The number of esters is 1. The fraction of sp³-hybridized carbons (Fsp3) is 0.786. The minimum atomic E-state index is -0.793. The lowest BCUT2D eigenvalue weighted by Crippen LogP contribution is -2.26. The van der Waals surface area contributed by atoms with Crippen molar-refractivity contribution in [3.8, 4) is 0 Å². The summed E-state index contributed by atoms with van der Waals surface area (Å²) in [6.45, 7) is 8.82. The van der Waals surface area contributed by atoms with Gasteiger partial charge in [0.1, 0.15) is 6.10 Å². The van der Waals surface area contributed by atoms with E-state index in [1.54, 1.807) is 13.8 Å². The quantitative estimate of drug-likeness (QED) is 0.714. The number of ether oxygens (including phenoxy) is 6. The van der Waals surface area contributed by atoms with Crippen LogP contribution in [0.1, 0.15) is 34.6 Å². The van der Waals surface area contributed by atoms with Crippen molar-refractivity contribution in [3.05, 3.63) is 11.5 Å². The summed E-state index contributed by atoms with van der Waals surface area (Å²) >= 11 is 0. The smallest absolute Gasteiger partial charge is 0.307 e. The van der Waals surface area contributed by atoms with Crippen LogP contribution in [0.15, 0.2) is 11.5 Å². The van der Waals surface area contributed by atoms with Gasteiger partial charge in [0.05, 0.1) is 6.61 Å². The number of fused-ring (bicyclic) bond motifs is 1. The molecule has 0 bridgehead atoms. The minimum Gasteiger partial charge on any atom is -0.459 e. The van der Waals surface area contributed by atoms with Crippen molar-refractivity contribution in [2.24, 2.45) is 0 Å². The summed E-state index contributed by atoms with van der Waals surface area (Å²) in [5.41, 5.74) is 0. The Labute approximate surface area is 123 Å². The van der Waals surface area contributed by atoms with E-state index in [2.05, 4.69) is 0 Å². The van der Waals surface area contributed by atoms with Crippen molar-refractivity contribution in [1.29, 1.82) is 0 Å². The molecule has 3 atom stereocenters. The molecule has 1 unspecified atom stereocenters. The fourth-order valence-corrected chi connectivity index (χ4v) is 2.63. The van der Waals surface area contributed by atoms with Gasteiger partial charge in [-0.1, -0.05) is 0 Å². The van der Waals surface area contributed by atoms with Gasteiger partial charge in [-0.3, -0.25) is 4.79 Å². The van der Waals surface area contributed by atoms with Gasteiger partial charge in [-0.2, -0.15) is 0 Å². The zero-order chi connectivity index (χ0) is 15.4. The van der Waals surface area contributed by atoms with E-state index >= 15 is 0 Å². The molecule has 0 aliphatic carbocycles. The van der Waals surface area contributed by atoms with Crippen molar-refractivity contribution in [3.63, 3.8) is 0 Å². The lowest BCUT2D eigenvalue weighted by molar-refractivity contribution is -0.190. The van der Waals surface area contributed by atoms with E-state index in [1.807, 2.05) is 13.8 Å². The largest absolute Gasteiger partial charge is 0.459 e. The molecular formula is C14H20O7. The van der Waals surface area contributed by atoms with Crippen molar-refractivity contribution in [1.82, 2.24) is 0 Å². The lowest BCUT2D eigenvalue weighted by Gasteiger charge is -2.21. The monoisotopic (exact) mass is 300 g/mol. The van der Waals surface area contributed by atoms with E-state index in [0.717, 1.165) is 0 Å². The molecule has 21 heavy (non-hydrogen) atoms. The first-order valence-electron chi connectivity index (χ1n) is 6.93. The van der Waals surface area contributed by atoms with Crippen LogP contribution < -0.4 is 0 Å². The van der Waals surface area contributed by atoms with Gasteiger partial charge in [-0.05, 0) is 27.7 Å². The Morgan fingerprint density at radius 2 is 1.86 bits per heavy atom. The standard InChI is InChI=1S/C14H20O7/c1-7(15)17-10-9(8-6-16-13(2,3)19-8)18-12-11(10)20-14(4,5)21-12/h8,11-12H,6H2,1-5H3/t8-,11-,12?/m1/s1. The normalized spacial score (nSPS) is 36.5. The topological polar surface area (TPSA) is 72.5 Å². The molecule has 3 heterocycles. The highest BCUT2D eigenvalue weighted by molar-refractivity contribution is 5.67. The molecule has 2 saturated heterocycles. The molecule has 0 radical (unpaired) electrons. The summed E-state index contributed by atoms with van der Waals surface area (Å²) in [7, 11) is 0. The van der Waals surface area contributed by atoms with Gasteiger partial charge < -0.3 is 28.4 Å². The van der Waals surface area contributed by atoms with Crippen LogP contribution in [-0.4, -0.2) is 42.6 Å². The van der Waals surface area contributed by atoms with Crippen LogP contribution in [0.5, 0.6) is 0 Å². The second kappa shape index (κ2) is 4.67. The van der Waals surface area contributed by atoms with Crippen molar-refractivity contribution < 1.29 is 33.2 Å². The molecule has 0 spiro atoms. The average Bonchev–Trinajstić information content (AvgIpc) is 2.90. The maximum atomic E-state index is 11.4. The fourth-order valence-electron chi connectivity index (χ4n) is 2.63. The van der Waals surface area contributed by atoms with Gasteiger partial charge >= 0.3 is 5.97 Å². The first kappa shape index (κ1) is 14.8.